The molecule has 17 heavy (non-hydrogen) atoms. The van der Waals surface area contributed by atoms with E-state index in [4.69, 9.17) is 5.21 Å². The van der Waals surface area contributed by atoms with Crippen LogP contribution in [-0.4, -0.2) is 21.1 Å². The number of carbonyl (C=O) groups is 1. The molecule has 3 N–H and O–H groups in total. The van der Waals surface area contributed by atoms with Crippen molar-refractivity contribution in [2.75, 3.05) is 0 Å². The summed E-state index contributed by atoms with van der Waals surface area (Å²) in [6.07, 6.45) is 3.12. The van der Waals surface area contributed by atoms with Gasteiger partial charge in [-0.1, -0.05) is 13.3 Å². The van der Waals surface area contributed by atoms with E-state index in [1.54, 1.807) is 23.7 Å². The summed E-state index contributed by atoms with van der Waals surface area (Å²) in [4.78, 5) is 18.8. The number of hydrogen-bond acceptors (Lipinski definition) is 3. The maximum absolute atomic E-state index is 11.2. The summed E-state index contributed by atoms with van der Waals surface area (Å²) < 4.78 is 0. The highest BCUT2D eigenvalue weighted by atomic mass is 16.5. The number of fused-ring (bicyclic) bond motifs is 1. The average Bonchev–Trinajstić information content (AvgIpc) is 2.76. The van der Waals surface area contributed by atoms with E-state index in [1.165, 1.54) is 0 Å². The van der Waals surface area contributed by atoms with Crippen molar-refractivity contribution in [1.82, 2.24) is 15.4 Å². The molecule has 0 atom stereocenters. The first-order valence-electron chi connectivity index (χ1n) is 5.67. The number of aryl methyl sites for hydroxylation is 1. The quantitative estimate of drug-likeness (QED) is 0.558. The molecule has 5 heteroatoms. The van der Waals surface area contributed by atoms with Crippen LogP contribution < -0.4 is 5.48 Å². The van der Waals surface area contributed by atoms with E-state index < -0.39 is 5.91 Å². The number of amides is 1. The number of nitrogens with one attached hydrogen (secondary N) is 2. The fraction of sp³-hybridized carbons (Fsp3) is 0.333. The number of benzene rings is 1. The van der Waals surface area contributed by atoms with Crippen LogP contribution in [0.5, 0.6) is 0 Å². The Morgan fingerprint density at radius 3 is 3.06 bits per heavy atom. The minimum atomic E-state index is -0.517. The molecular formula is C12H15N3O2. The van der Waals surface area contributed by atoms with Crippen molar-refractivity contribution in [1.29, 1.82) is 0 Å². The van der Waals surface area contributed by atoms with E-state index >= 15 is 0 Å². The van der Waals surface area contributed by atoms with Crippen molar-refractivity contribution in [3.8, 4) is 0 Å². The molecule has 2 rings (SSSR count). The molecule has 0 unspecified atom stereocenters. The van der Waals surface area contributed by atoms with Gasteiger partial charge in [0.15, 0.2) is 0 Å². The van der Waals surface area contributed by atoms with Gasteiger partial charge in [0.1, 0.15) is 5.82 Å². The molecule has 0 saturated carbocycles. The Labute approximate surface area is 98.8 Å². The number of hydrogen-bond donors (Lipinski definition) is 3. The van der Waals surface area contributed by atoms with Crippen molar-refractivity contribution >= 4 is 16.9 Å². The molecule has 0 aliphatic carbocycles. The molecule has 0 fully saturated rings. The lowest BCUT2D eigenvalue weighted by Crippen LogP contribution is -2.18. The van der Waals surface area contributed by atoms with E-state index in [-0.39, 0.29) is 0 Å². The Bertz CT molecular complexity index is 534. The van der Waals surface area contributed by atoms with Gasteiger partial charge < -0.3 is 4.98 Å². The third-order valence-corrected chi connectivity index (χ3v) is 2.66. The monoisotopic (exact) mass is 233 g/mol. The SMILES string of the molecule is CCCCc1nc2ccc(C(=O)NO)cc2[nH]1. The molecular weight excluding hydrogens is 218 g/mol. The van der Waals surface area contributed by atoms with Crippen molar-refractivity contribution in [2.45, 2.75) is 26.2 Å². The molecule has 1 amide bonds. The average molecular weight is 233 g/mol. The number of aromatic amines is 1. The summed E-state index contributed by atoms with van der Waals surface area (Å²) in [5.41, 5.74) is 3.68. The first kappa shape index (κ1) is 11.6. The van der Waals surface area contributed by atoms with Crippen LogP contribution >= 0.6 is 0 Å². The molecule has 5 nitrogen and oxygen atoms in total. The van der Waals surface area contributed by atoms with Gasteiger partial charge in [0.25, 0.3) is 5.91 Å². The van der Waals surface area contributed by atoms with Crippen LogP contribution in [-0.2, 0) is 6.42 Å². The van der Waals surface area contributed by atoms with Crippen molar-refractivity contribution < 1.29 is 10.0 Å². The third-order valence-electron chi connectivity index (χ3n) is 2.66. The fourth-order valence-electron chi connectivity index (χ4n) is 1.73. The lowest BCUT2D eigenvalue weighted by Gasteiger charge is -1.97. The summed E-state index contributed by atoms with van der Waals surface area (Å²) in [7, 11) is 0. The first-order chi connectivity index (χ1) is 8.24. The molecule has 0 aliphatic rings. The van der Waals surface area contributed by atoms with Crippen LogP contribution in [0, 0.1) is 0 Å². The van der Waals surface area contributed by atoms with Crippen LogP contribution in [0.25, 0.3) is 11.0 Å². The van der Waals surface area contributed by atoms with Crippen molar-refractivity contribution in [3.63, 3.8) is 0 Å². The maximum Gasteiger partial charge on any atom is 0.274 e. The molecule has 0 radical (unpaired) electrons. The van der Waals surface area contributed by atoms with E-state index in [9.17, 15) is 4.79 Å². The van der Waals surface area contributed by atoms with Crippen LogP contribution in [0.4, 0.5) is 0 Å². The summed E-state index contributed by atoms with van der Waals surface area (Å²) in [6, 6.07) is 5.09. The smallest absolute Gasteiger partial charge is 0.274 e. The van der Waals surface area contributed by atoms with E-state index in [0.717, 1.165) is 36.1 Å². The number of hydroxylamine groups is 1. The molecule has 90 valence electrons. The van der Waals surface area contributed by atoms with E-state index in [1.807, 2.05) is 0 Å². The van der Waals surface area contributed by atoms with Crippen LogP contribution in [0.2, 0.25) is 0 Å². The van der Waals surface area contributed by atoms with Gasteiger partial charge >= 0.3 is 0 Å². The van der Waals surface area contributed by atoms with Gasteiger partial charge in [-0.3, -0.25) is 10.0 Å². The second-order valence-corrected chi connectivity index (χ2v) is 3.96. The molecule has 0 bridgehead atoms. The maximum atomic E-state index is 11.2. The minimum Gasteiger partial charge on any atom is -0.342 e. The van der Waals surface area contributed by atoms with E-state index in [0.29, 0.717) is 5.56 Å². The predicted octanol–water partition coefficient (Wildman–Crippen LogP) is 2.02. The first-order valence-corrected chi connectivity index (χ1v) is 5.67. The number of aromatic nitrogens is 2. The van der Waals surface area contributed by atoms with Crippen LogP contribution in [0.1, 0.15) is 35.9 Å². The third kappa shape index (κ3) is 2.45. The van der Waals surface area contributed by atoms with Gasteiger partial charge in [-0.2, -0.15) is 0 Å². The van der Waals surface area contributed by atoms with Crippen molar-refractivity contribution in [3.05, 3.63) is 29.6 Å². The van der Waals surface area contributed by atoms with Crippen LogP contribution in [0.3, 0.4) is 0 Å². The van der Waals surface area contributed by atoms with Gasteiger partial charge in [0.05, 0.1) is 11.0 Å². The molecule has 1 aromatic carbocycles. The largest absolute Gasteiger partial charge is 0.342 e. The number of nitrogens with zero attached hydrogens (tertiary/aromatic N) is 1. The molecule has 0 aliphatic heterocycles. The summed E-state index contributed by atoms with van der Waals surface area (Å²) in [5, 5.41) is 8.56. The van der Waals surface area contributed by atoms with Gasteiger partial charge in [0, 0.05) is 12.0 Å². The minimum absolute atomic E-state index is 0.408. The van der Waals surface area contributed by atoms with Gasteiger partial charge in [0.2, 0.25) is 0 Å². The second kappa shape index (κ2) is 4.97. The normalized spacial score (nSPS) is 10.7. The highest BCUT2D eigenvalue weighted by Crippen LogP contribution is 2.15. The fourth-order valence-corrected chi connectivity index (χ4v) is 1.73. The summed E-state index contributed by atoms with van der Waals surface area (Å²) in [5.74, 6) is 0.417. The molecule has 1 aromatic heterocycles. The highest BCUT2D eigenvalue weighted by Gasteiger charge is 2.07. The molecule has 0 spiro atoms. The lowest BCUT2D eigenvalue weighted by molar-refractivity contribution is 0.0706. The Kier molecular flexibility index (Phi) is 3.39. The van der Waals surface area contributed by atoms with Gasteiger partial charge in [-0.05, 0) is 24.6 Å². The number of imidazole rings is 1. The lowest BCUT2D eigenvalue weighted by atomic mass is 10.2. The number of unbranched alkanes of at least 4 members (excludes halogenated alkanes) is 1. The standard InChI is InChI=1S/C12H15N3O2/c1-2-3-4-11-13-9-6-5-8(12(16)15-17)7-10(9)14-11/h5-7,17H,2-4H2,1H3,(H,13,14)(H,15,16). The van der Waals surface area contributed by atoms with E-state index in [2.05, 4.69) is 16.9 Å². The Morgan fingerprint density at radius 2 is 2.35 bits per heavy atom. The topological polar surface area (TPSA) is 78.0 Å². The molecule has 0 saturated heterocycles. The highest BCUT2D eigenvalue weighted by molar-refractivity contribution is 5.96. The summed E-state index contributed by atoms with van der Waals surface area (Å²) in [6.45, 7) is 2.13. The summed E-state index contributed by atoms with van der Waals surface area (Å²) >= 11 is 0. The molecule has 2 aromatic rings. The number of rotatable bonds is 4. The molecule has 1 heterocycles. The predicted molar refractivity (Wildman–Crippen MR) is 64.0 cm³/mol. The zero-order chi connectivity index (χ0) is 12.3. The zero-order valence-electron chi connectivity index (χ0n) is 9.66. The number of carbonyl (C=O) groups excluding carboxylic acids is 1. The van der Waals surface area contributed by atoms with Gasteiger partial charge in [-0.15, -0.1) is 0 Å². The Hall–Kier alpha value is -1.88. The second-order valence-electron chi connectivity index (χ2n) is 3.96. The zero-order valence-corrected chi connectivity index (χ0v) is 9.66. The van der Waals surface area contributed by atoms with Crippen LogP contribution in [0.15, 0.2) is 18.2 Å². The Balaban J connectivity index is 2.31. The Morgan fingerprint density at radius 1 is 1.53 bits per heavy atom. The van der Waals surface area contributed by atoms with Crippen molar-refractivity contribution in [2.24, 2.45) is 0 Å². The number of H-pyrrole nitrogens is 1. The van der Waals surface area contributed by atoms with Gasteiger partial charge in [-0.25, -0.2) is 10.5 Å².